The number of carbonyl (C=O) groups excluding carboxylic acids is 3. The predicted octanol–water partition coefficient (Wildman–Crippen LogP) is 3.63. The third-order valence-electron chi connectivity index (χ3n) is 3.31. The highest BCUT2D eigenvalue weighted by Gasteiger charge is 2.10. The Morgan fingerprint density at radius 2 is 1.54 bits per heavy atom. The van der Waals surface area contributed by atoms with Crippen molar-refractivity contribution < 1.29 is 19.1 Å². The summed E-state index contributed by atoms with van der Waals surface area (Å²) in [4.78, 5) is 35.1. The summed E-state index contributed by atoms with van der Waals surface area (Å²) >= 11 is 5.82. The highest BCUT2D eigenvalue weighted by Crippen LogP contribution is 2.14. The van der Waals surface area contributed by atoms with Gasteiger partial charge in [-0.05, 0) is 36.8 Å². The number of rotatable bonds is 8. The number of ether oxygens (including phenoxy) is 1. The van der Waals surface area contributed by atoms with Gasteiger partial charge in [0.2, 0.25) is 5.91 Å². The normalized spacial score (nSPS) is 10.0. The van der Waals surface area contributed by atoms with E-state index >= 15 is 0 Å². The van der Waals surface area contributed by atoms with Gasteiger partial charge in [-0.15, -0.1) is 0 Å². The number of carbonyl (C=O) groups is 3. The smallest absolute Gasteiger partial charge is 0.306 e. The first-order chi connectivity index (χ1) is 12.5. The van der Waals surface area contributed by atoms with E-state index in [-0.39, 0.29) is 25.4 Å². The van der Waals surface area contributed by atoms with Crippen molar-refractivity contribution in [3.63, 3.8) is 0 Å². The monoisotopic (exact) mass is 374 g/mol. The van der Waals surface area contributed by atoms with Crippen molar-refractivity contribution in [1.82, 2.24) is 0 Å². The highest BCUT2D eigenvalue weighted by atomic mass is 35.5. The first-order valence-corrected chi connectivity index (χ1v) is 8.46. The first kappa shape index (κ1) is 19.5. The molecule has 0 atom stereocenters. The van der Waals surface area contributed by atoms with E-state index in [2.05, 4.69) is 10.6 Å². The molecule has 2 amide bonds. The Bertz CT molecular complexity index is 765. The standard InChI is InChI=1S/C19H19ClN2O4/c20-14-6-4-9-16(12-14)22-18(24)13-26-19(25)11-5-10-17(23)21-15-7-2-1-3-8-15/h1-4,6-9,12H,5,10-11,13H2,(H,21,23)(H,22,24). The van der Waals surface area contributed by atoms with Crippen molar-refractivity contribution in [2.45, 2.75) is 19.3 Å². The number of hydrogen-bond acceptors (Lipinski definition) is 4. The molecule has 0 aliphatic heterocycles. The van der Waals surface area contributed by atoms with Crippen molar-refractivity contribution in [3.05, 3.63) is 59.6 Å². The van der Waals surface area contributed by atoms with E-state index in [1.54, 1.807) is 36.4 Å². The molecule has 0 unspecified atom stereocenters. The van der Waals surface area contributed by atoms with E-state index in [1.165, 1.54) is 0 Å². The molecule has 7 heteroatoms. The molecule has 0 saturated heterocycles. The molecule has 0 saturated carbocycles. The predicted molar refractivity (Wildman–Crippen MR) is 100.0 cm³/mol. The van der Waals surface area contributed by atoms with Gasteiger partial charge < -0.3 is 15.4 Å². The Kier molecular flexibility index (Phi) is 7.64. The minimum atomic E-state index is -0.529. The molecule has 2 N–H and O–H groups in total. The van der Waals surface area contributed by atoms with E-state index in [0.717, 1.165) is 0 Å². The molecular weight excluding hydrogens is 356 g/mol. The topological polar surface area (TPSA) is 84.5 Å². The molecule has 0 aliphatic carbocycles. The van der Waals surface area contributed by atoms with Crippen LogP contribution >= 0.6 is 11.6 Å². The molecule has 2 rings (SSSR count). The van der Waals surface area contributed by atoms with Crippen molar-refractivity contribution in [2.24, 2.45) is 0 Å². The van der Waals surface area contributed by atoms with E-state index in [0.29, 0.717) is 22.8 Å². The van der Waals surface area contributed by atoms with Gasteiger partial charge in [0.05, 0.1) is 0 Å². The number of para-hydroxylation sites is 1. The Hall–Kier alpha value is -2.86. The molecule has 0 radical (unpaired) electrons. The second-order valence-corrected chi connectivity index (χ2v) is 5.92. The van der Waals surface area contributed by atoms with Crippen LogP contribution in [0.5, 0.6) is 0 Å². The Labute approximate surface area is 156 Å². The lowest BCUT2D eigenvalue weighted by molar-refractivity contribution is -0.147. The summed E-state index contributed by atoms with van der Waals surface area (Å²) in [5.74, 6) is -1.16. The fourth-order valence-electron chi connectivity index (χ4n) is 2.12. The number of hydrogen-bond donors (Lipinski definition) is 2. The maximum absolute atomic E-state index is 11.8. The van der Waals surface area contributed by atoms with Gasteiger partial charge in [0.1, 0.15) is 0 Å². The van der Waals surface area contributed by atoms with Crippen molar-refractivity contribution >= 4 is 40.8 Å². The maximum Gasteiger partial charge on any atom is 0.306 e. The van der Waals surface area contributed by atoms with E-state index in [9.17, 15) is 14.4 Å². The molecule has 26 heavy (non-hydrogen) atoms. The average molecular weight is 375 g/mol. The quantitative estimate of drug-likeness (QED) is 0.691. The van der Waals surface area contributed by atoms with E-state index in [4.69, 9.17) is 16.3 Å². The zero-order chi connectivity index (χ0) is 18.8. The third-order valence-corrected chi connectivity index (χ3v) is 3.55. The molecule has 0 heterocycles. The molecule has 136 valence electrons. The average Bonchev–Trinajstić information content (AvgIpc) is 2.61. The summed E-state index contributed by atoms with van der Waals surface area (Å²) in [6.45, 7) is -0.387. The van der Waals surface area contributed by atoms with Crippen LogP contribution in [-0.4, -0.2) is 24.4 Å². The van der Waals surface area contributed by atoms with Crippen LogP contribution in [0, 0.1) is 0 Å². The lowest BCUT2D eigenvalue weighted by atomic mass is 10.2. The molecule has 2 aromatic rings. The number of halogens is 1. The summed E-state index contributed by atoms with van der Waals surface area (Å²) in [6, 6.07) is 15.7. The molecule has 0 aliphatic rings. The van der Waals surface area contributed by atoms with Crippen molar-refractivity contribution in [1.29, 1.82) is 0 Å². The van der Waals surface area contributed by atoms with Gasteiger partial charge in [-0.3, -0.25) is 14.4 Å². The van der Waals surface area contributed by atoms with Gasteiger partial charge in [0.15, 0.2) is 6.61 Å². The zero-order valence-electron chi connectivity index (χ0n) is 14.0. The van der Waals surface area contributed by atoms with Crippen LogP contribution in [0.4, 0.5) is 11.4 Å². The zero-order valence-corrected chi connectivity index (χ0v) is 14.8. The second kappa shape index (κ2) is 10.2. The second-order valence-electron chi connectivity index (χ2n) is 5.49. The number of nitrogens with one attached hydrogen (secondary N) is 2. The molecule has 0 fully saturated rings. The summed E-state index contributed by atoms with van der Waals surface area (Å²) in [6.07, 6.45) is 0.596. The number of anilines is 2. The fourth-order valence-corrected chi connectivity index (χ4v) is 2.31. The number of esters is 1. The molecule has 2 aromatic carbocycles. The minimum Gasteiger partial charge on any atom is -0.456 e. The number of amides is 2. The Morgan fingerprint density at radius 3 is 2.27 bits per heavy atom. The van der Waals surface area contributed by atoms with Crippen LogP contribution in [0.3, 0.4) is 0 Å². The van der Waals surface area contributed by atoms with Crippen LogP contribution in [0.1, 0.15) is 19.3 Å². The van der Waals surface area contributed by atoms with Crippen LogP contribution in [0.2, 0.25) is 5.02 Å². The van der Waals surface area contributed by atoms with Gasteiger partial charge in [0, 0.05) is 29.2 Å². The minimum absolute atomic E-state index is 0.0622. The van der Waals surface area contributed by atoms with Crippen LogP contribution < -0.4 is 10.6 Å². The lowest BCUT2D eigenvalue weighted by Gasteiger charge is -2.07. The summed E-state index contributed by atoms with van der Waals surface area (Å²) in [5, 5.41) is 5.80. The van der Waals surface area contributed by atoms with Crippen LogP contribution in [0.15, 0.2) is 54.6 Å². The summed E-state index contributed by atoms with van der Waals surface area (Å²) in [7, 11) is 0. The summed E-state index contributed by atoms with van der Waals surface area (Å²) < 4.78 is 4.89. The van der Waals surface area contributed by atoms with Crippen LogP contribution in [-0.2, 0) is 19.1 Å². The molecule has 0 aromatic heterocycles. The first-order valence-electron chi connectivity index (χ1n) is 8.09. The fraction of sp³-hybridized carbons (Fsp3) is 0.211. The molecular formula is C19H19ClN2O4. The van der Waals surface area contributed by atoms with E-state index in [1.807, 2.05) is 18.2 Å². The van der Waals surface area contributed by atoms with Gasteiger partial charge >= 0.3 is 5.97 Å². The highest BCUT2D eigenvalue weighted by molar-refractivity contribution is 6.30. The summed E-state index contributed by atoms with van der Waals surface area (Å²) in [5.41, 5.74) is 1.23. The maximum atomic E-state index is 11.8. The molecule has 6 nitrogen and oxygen atoms in total. The Morgan fingerprint density at radius 1 is 0.846 bits per heavy atom. The SMILES string of the molecule is O=C(CCCC(=O)OCC(=O)Nc1cccc(Cl)c1)Nc1ccccc1. The van der Waals surface area contributed by atoms with E-state index < -0.39 is 11.9 Å². The van der Waals surface area contributed by atoms with Crippen molar-refractivity contribution in [2.75, 3.05) is 17.2 Å². The number of benzene rings is 2. The lowest BCUT2D eigenvalue weighted by Crippen LogP contribution is -2.21. The molecule has 0 bridgehead atoms. The largest absolute Gasteiger partial charge is 0.456 e. The third kappa shape index (κ3) is 7.36. The van der Waals surface area contributed by atoms with Gasteiger partial charge in [-0.1, -0.05) is 35.9 Å². The Balaban J connectivity index is 1.61. The van der Waals surface area contributed by atoms with Crippen molar-refractivity contribution in [3.8, 4) is 0 Å². The van der Waals surface area contributed by atoms with Gasteiger partial charge in [0.25, 0.3) is 5.91 Å². The van der Waals surface area contributed by atoms with Gasteiger partial charge in [-0.25, -0.2) is 0 Å². The molecule has 0 spiro atoms. The van der Waals surface area contributed by atoms with Crippen LogP contribution in [0.25, 0.3) is 0 Å². The van der Waals surface area contributed by atoms with Gasteiger partial charge in [-0.2, -0.15) is 0 Å².